The van der Waals surface area contributed by atoms with Crippen molar-refractivity contribution in [3.8, 4) is 0 Å². The van der Waals surface area contributed by atoms with Crippen molar-refractivity contribution in [3.05, 3.63) is 34.7 Å². The standard InChI is InChI=1S/C14H18N4O3/c1-4-9-10(5-2)17-18-13(12(9)14(19)20)16-7-11-15-6-8(3)21-11/h6H,4-5,7H2,1-3H3,(H,16,18)(H,19,20). The number of carbonyl (C=O) groups is 1. The fourth-order valence-corrected chi connectivity index (χ4v) is 2.17. The Hall–Kier alpha value is -2.44. The van der Waals surface area contributed by atoms with Gasteiger partial charge in [-0.2, -0.15) is 5.10 Å². The minimum absolute atomic E-state index is 0.174. The summed E-state index contributed by atoms with van der Waals surface area (Å²) in [5.74, 6) is 0.408. The van der Waals surface area contributed by atoms with E-state index in [0.29, 0.717) is 35.7 Å². The molecule has 7 heteroatoms. The number of hydrogen-bond acceptors (Lipinski definition) is 6. The van der Waals surface area contributed by atoms with Crippen LogP contribution in [0.25, 0.3) is 0 Å². The molecular formula is C14H18N4O3. The van der Waals surface area contributed by atoms with E-state index in [0.717, 1.165) is 0 Å². The Bertz CT molecular complexity index is 652. The lowest BCUT2D eigenvalue weighted by atomic mass is 10.0. The first kappa shape index (κ1) is 15.0. The van der Waals surface area contributed by atoms with Crippen molar-refractivity contribution in [2.24, 2.45) is 0 Å². The summed E-state index contributed by atoms with van der Waals surface area (Å²) in [6, 6.07) is 0. The predicted octanol–water partition coefficient (Wildman–Crippen LogP) is 2.21. The van der Waals surface area contributed by atoms with E-state index in [-0.39, 0.29) is 17.9 Å². The van der Waals surface area contributed by atoms with E-state index in [1.807, 2.05) is 13.8 Å². The minimum atomic E-state index is -1.01. The van der Waals surface area contributed by atoms with Crippen LogP contribution in [-0.2, 0) is 19.4 Å². The number of aryl methyl sites for hydroxylation is 2. The quantitative estimate of drug-likeness (QED) is 0.841. The van der Waals surface area contributed by atoms with Crippen LogP contribution >= 0.6 is 0 Å². The van der Waals surface area contributed by atoms with E-state index in [1.54, 1.807) is 13.1 Å². The van der Waals surface area contributed by atoms with Crippen molar-refractivity contribution in [2.75, 3.05) is 5.32 Å². The maximum atomic E-state index is 11.5. The third kappa shape index (κ3) is 3.18. The van der Waals surface area contributed by atoms with Crippen LogP contribution in [0.5, 0.6) is 0 Å². The highest BCUT2D eigenvalue weighted by Crippen LogP contribution is 2.21. The fourth-order valence-electron chi connectivity index (χ4n) is 2.17. The molecule has 0 radical (unpaired) electrons. The molecule has 2 aromatic heterocycles. The zero-order chi connectivity index (χ0) is 15.4. The number of nitrogens with one attached hydrogen (secondary N) is 1. The van der Waals surface area contributed by atoms with Crippen LogP contribution < -0.4 is 5.32 Å². The predicted molar refractivity (Wildman–Crippen MR) is 76.3 cm³/mol. The van der Waals surface area contributed by atoms with Crippen molar-refractivity contribution in [2.45, 2.75) is 40.2 Å². The number of nitrogens with zero attached hydrogens (tertiary/aromatic N) is 3. The van der Waals surface area contributed by atoms with Crippen LogP contribution in [-0.4, -0.2) is 26.3 Å². The lowest BCUT2D eigenvalue weighted by Crippen LogP contribution is -2.15. The third-order valence-electron chi connectivity index (χ3n) is 3.14. The largest absolute Gasteiger partial charge is 0.478 e. The molecule has 0 saturated carbocycles. The molecule has 0 bridgehead atoms. The molecule has 7 nitrogen and oxygen atoms in total. The summed E-state index contributed by atoms with van der Waals surface area (Å²) in [6.45, 7) is 5.89. The number of oxazole rings is 1. The second kappa shape index (κ2) is 6.34. The summed E-state index contributed by atoms with van der Waals surface area (Å²) >= 11 is 0. The molecule has 2 aromatic rings. The summed E-state index contributed by atoms with van der Waals surface area (Å²) in [4.78, 5) is 15.6. The van der Waals surface area contributed by atoms with Gasteiger partial charge in [0.25, 0.3) is 0 Å². The number of hydrogen-bond donors (Lipinski definition) is 2. The van der Waals surface area contributed by atoms with Crippen LogP contribution in [0.3, 0.4) is 0 Å². The molecule has 0 aromatic carbocycles. The summed E-state index contributed by atoms with van der Waals surface area (Å²) < 4.78 is 5.34. The van der Waals surface area contributed by atoms with Gasteiger partial charge in [-0.1, -0.05) is 13.8 Å². The highest BCUT2D eigenvalue weighted by atomic mass is 16.4. The van der Waals surface area contributed by atoms with Crippen LogP contribution in [0.4, 0.5) is 5.82 Å². The lowest BCUT2D eigenvalue weighted by molar-refractivity contribution is 0.0696. The number of aromatic carboxylic acids is 1. The van der Waals surface area contributed by atoms with Crippen LogP contribution in [0.15, 0.2) is 10.6 Å². The van der Waals surface area contributed by atoms with E-state index < -0.39 is 5.97 Å². The Labute approximate surface area is 122 Å². The van der Waals surface area contributed by atoms with Gasteiger partial charge < -0.3 is 14.8 Å². The highest BCUT2D eigenvalue weighted by molar-refractivity contribution is 5.95. The summed E-state index contributed by atoms with van der Waals surface area (Å²) in [5, 5.41) is 20.5. The van der Waals surface area contributed by atoms with Gasteiger partial charge in [-0.05, 0) is 25.3 Å². The molecule has 2 rings (SSSR count). The molecular weight excluding hydrogens is 272 g/mol. The molecule has 2 N–H and O–H groups in total. The Morgan fingerprint density at radius 2 is 2.10 bits per heavy atom. The maximum Gasteiger partial charge on any atom is 0.339 e. The van der Waals surface area contributed by atoms with Gasteiger partial charge in [-0.3, -0.25) is 0 Å². The Morgan fingerprint density at radius 3 is 2.62 bits per heavy atom. The van der Waals surface area contributed by atoms with Gasteiger partial charge in [-0.25, -0.2) is 9.78 Å². The SMILES string of the molecule is CCc1nnc(NCc2ncc(C)o2)c(C(=O)O)c1CC. The molecule has 112 valence electrons. The molecule has 0 spiro atoms. The Kier molecular flexibility index (Phi) is 4.52. The highest BCUT2D eigenvalue weighted by Gasteiger charge is 2.20. The van der Waals surface area contributed by atoms with Crippen LogP contribution in [0.1, 0.15) is 47.1 Å². The maximum absolute atomic E-state index is 11.5. The smallest absolute Gasteiger partial charge is 0.339 e. The molecule has 0 unspecified atom stereocenters. The minimum Gasteiger partial charge on any atom is -0.478 e. The Balaban J connectivity index is 2.32. The molecule has 0 aliphatic carbocycles. The van der Waals surface area contributed by atoms with Gasteiger partial charge in [0.1, 0.15) is 11.3 Å². The number of carboxylic acids is 1. The van der Waals surface area contributed by atoms with Crippen LogP contribution in [0, 0.1) is 6.92 Å². The first-order chi connectivity index (χ1) is 10.1. The third-order valence-corrected chi connectivity index (χ3v) is 3.14. The zero-order valence-corrected chi connectivity index (χ0v) is 12.3. The summed E-state index contributed by atoms with van der Waals surface area (Å²) in [5.41, 5.74) is 1.60. The van der Waals surface area contributed by atoms with E-state index in [4.69, 9.17) is 4.42 Å². The molecule has 0 aliphatic heterocycles. The zero-order valence-electron chi connectivity index (χ0n) is 12.3. The van der Waals surface area contributed by atoms with Gasteiger partial charge in [0.2, 0.25) is 5.89 Å². The van der Waals surface area contributed by atoms with E-state index in [9.17, 15) is 9.90 Å². The van der Waals surface area contributed by atoms with Gasteiger partial charge in [0.05, 0.1) is 18.4 Å². The summed E-state index contributed by atoms with van der Waals surface area (Å²) in [7, 11) is 0. The van der Waals surface area contributed by atoms with Gasteiger partial charge in [0.15, 0.2) is 5.82 Å². The monoisotopic (exact) mass is 290 g/mol. The van der Waals surface area contributed by atoms with Crippen molar-refractivity contribution in [3.63, 3.8) is 0 Å². The normalized spacial score (nSPS) is 10.6. The van der Waals surface area contributed by atoms with Crippen molar-refractivity contribution in [1.82, 2.24) is 15.2 Å². The Morgan fingerprint density at radius 1 is 1.33 bits per heavy atom. The first-order valence-electron chi connectivity index (χ1n) is 6.83. The lowest BCUT2D eigenvalue weighted by Gasteiger charge is -2.12. The molecule has 0 fully saturated rings. The average Bonchev–Trinajstić information content (AvgIpc) is 2.89. The van der Waals surface area contributed by atoms with E-state index in [1.165, 1.54) is 0 Å². The van der Waals surface area contributed by atoms with Crippen molar-refractivity contribution in [1.29, 1.82) is 0 Å². The van der Waals surface area contributed by atoms with E-state index >= 15 is 0 Å². The molecule has 0 amide bonds. The van der Waals surface area contributed by atoms with Gasteiger partial charge >= 0.3 is 5.97 Å². The van der Waals surface area contributed by atoms with Crippen molar-refractivity contribution < 1.29 is 14.3 Å². The second-order valence-corrected chi connectivity index (χ2v) is 4.58. The number of carboxylic acid groups (broad SMARTS) is 1. The molecule has 2 heterocycles. The second-order valence-electron chi connectivity index (χ2n) is 4.58. The fraction of sp³-hybridized carbons (Fsp3) is 0.429. The van der Waals surface area contributed by atoms with Crippen molar-refractivity contribution >= 4 is 11.8 Å². The van der Waals surface area contributed by atoms with Gasteiger partial charge in [0, 0.05) is 0 Å². The molecule has 0 aliphatic rings. The number of anilines is 1. The van der Waals surface area contributed by atoms with E-state index in [2.05, 4.69) is 20.5 Å². The van der Waals surface area contributed by atoms with Crippen LogP contribution in [0.2, 0.25) is 0 Å². The number of rotatable bonds is 6. The number of aromatic nitrogens is 3. The molecule has 21 heavy (non-hydrogen) atoms. The summed E-state index contributed by atoms with van der Waals surface area (Å²) in [6.07, 6.45) is 2.85. The topological polar surface area (TPSA) is 101 Å². The first-order valence-corrected chi connectivity index (χ1v) is 6.83. The molecule has 0 atom stereocenters. The molecule has 0 saturated heterocycles. The average molecular weight is 290 g/mol. The van der Waals surface area contributed by atoms with Gasteiger partial charge in [-0.15, -0.1) is 5.10 Å².